The smallest absolute Gasteiger partial charge is 0.0762 e. The number of aromatic nitrogens is 2. The van der Waals surface area contributed by atoms with Gasteiger partial charge in [-0.15, -0.1) is 0 Å². The molecule has 0 fully saturated rings. The first-order chi connectivity index (χ1) is 8.15. The Kier molecular flexibility index (Phi) is 4.20. The third kappa shape index (κ3) is 3.56. The molecule has 0 saturated heterocycles. The van der Waals surface area contributed by atoms with E-state index in [0.29, 0.717) is 0 Å². The zero-order valence-corrected chi connectivity index (χ0v) is 11.8. The Morgan fingerprint density at radius 1 is 1.35 bits per heavy atom. The molecule has 0 unspecified atom stereocenters. The molecule has 3 nitrogen and oxygen atoms in total. The minimum Gasteiger partial charge on any atom is -0.307 e. The number of aryl methyl sites for hydroxylation is 1. The van der Waals surface area contributed by atoms with Gasteiger partial charge in [0.15, 0.2) is 0 Å². The summed E-state index contributed by atoms with van der Waals surface area (Å²) in [5.74, 6) is 0. The molecular weight excluding hydrogens is 302 g/mol. The van der Waals surface area contributed by atoms with Gasteiger partial charge in [0.25, 0.3) is 0 Å². The number of halogens is 2. The molecule has 0 radical (unpaired) electrons. The van der Waals surface area contributed by atoms with Gasteiger partial charge in [-0.05, 0) is 29.8 Å². The minimum absolute atomic E-state index is 0.731. The third-order valence-electron chi connectivity index (χ3n) is 2.40. The van der Waals surface area contributed by atoms with E-state index in [9.17, 15) is 0 Å². The quantitative estimate of drug-likeness (QED) is 0.939. The molecule has 0 aliphatic heterocycles. The lowest BCUT2D eigenvalue weighted by Gasteiger charge is -2.06. The highest BCUT2D eigenvalue weighted by Crippen LogP contribution is 2.20. The maximum atomic E-state index is 6.10. The number of nitrogens with zero attached hydrogens (tertiary/aromatic N) is 2. The fraction of sp³-hybridized carbons (Fsp3) is 0.250. The average Bonchev–Trinajstić information content (AvgIpc) is 2.69. The lowest BCUT2D eigenvalue weighted by atomic mass is 10.2. The van der Waals surface area contributed by atoms with Crippen molar-refractivity contribution in [3.05, 3.63) is 51.2 Å². The normalized spacial score (nSPS) is 10.8. The summed E-state index contributed by atoms with van der Waals surface area (Å²) in [6.07, 6.45) is 1.93. The van der Waals surface area contributed by atoms with Gasteiger partial charge in [-0.2, -0.15) is 5.10 Å². The number of hydrogen-bond acceptors (Lipinski definition) is 2. The van der Waals surface area contributed by atoms with Crippen LogP contribution in [0.5, 0.6) is 0 Å². The van der Waals surface area contributed by atoms with Crippen LogP contribution < -0.4 is 5.32 Å². The molecule has 0 amide bonds. The van der Waals surface area contributed by atoms with Crippen molar-refractivity contribution >= 4 is 27.5 Å². The highest BCUT2D eigenvalue weighted by molar-refractivity contribution is 9.10. The summed E-state index contributed by atoms with van der Waals surface area (Å²) in [5, 5.41) is 8.39. The Hall–Kier alpha value is -0.840. The van der Waals surface area contributed by atoms with Gasteiger partial charge in [-0.25, -0.2) is 0 Å². The summed E-state index contributed by atoms with van der Waals surface area (Å²) < 4.78 is 2.83. The van der Waals surface area contributed by atoms with Crippen LogP contribution >= 0.6 is 27.5 Å². The summed E-state index contributed by atoms with van der Waals surface area (Å²) in [7, 11) is 1.91. The predicted octanol–water partition coefficient (Wildman–Crippen LogP) is 3.13. The number of benzene rings is 1. The van der Waals surface area contributed by atoms with Crippen molar-refractivity contribution < 1.29 is 0 Å². The second-order valence-corrected chi connectivity index (χ2v) is 5.14. The predicted molar refractivity (Wildman–Crippen MR) is 72.9 cm³/mol. The van der Waals surface area contributed by atoms with Crippen molar-refractivity contribution in [2.45, 2.75) is 13.1 Å². The Balaban J connectivity index is 1.91. The molecule has 0 saturated carbocycles. The molecule has 1 aromatic heterocycles. The van der Waals surface area contributed by atoms with Crippen molar-refractivity contribution in [1.29, 1.82) is 0 Å². The van der Waals surface area contributed by atoms with Gasteiger partial charge in [0.1, 0.15) is 0 Å². The molecule has 2 aromatic rings. The zero-order valence-electron chi connectivity index (χ0n) is 9.45. The van der Waals surface area contributed by atoms with Gasteiger partial charge in [0.2, 0.25) is 0 Å². The van der Waals surface area contributed by atoms with Gasteiger partial charge < -0.3 is 5.32 Å². The summed E-state index contributed by atoms with van der Waals surface area (Å²) >= 11 is 9.54. The van der Waals surface area contributed by atoms with E-state index in [-0.39, 0.29) is 0 Å². The molecule has 1 heterocycles. The fourth-order valence-corrected chi connectivity index (χ4v) is 2.15. The molecule has 5 heteroatoms. The van der Waals surface area contributed by atoms with E-state index in [1.165, 1.54) is 0 Å². The van der Waals surface area contributed by atoms with Crippen LogP contribution in [0.4, 0.5) is 0 Å². The summed E-state index contributed by atoms with van der Waals surface area (Å²) in [6, 6.07) is 7.84. The lowest BCUT2D eigenvalue weighted by Crippen LogP contribution is -2.13. The summed E-state index contributed by atoms with van der Waals surface area (Å²) in [4.78, 5) is 0. The van der Waals surface area contributed by atoms with Crippen LogP contribution in [0.1, 0.15) is 11.3 Å². The molecule has 0 bridgehead atoms. The lowest BCUT2D eigenvalue weighted by molar-refractivity contribution is 0.656. The van der Waals surface area contributed by atoms with Gasteiger partial charge in [-0.3, -0.25) is 4.68 Å². The van der Waals surface area contributed by atoms with Crippen LogP contribution in [-0.4, -0.2) is 9.78 Å². The molecule has 0 aliphatic carbocycles. The van der Waals surface area contributed by atoms with E-state index < -0.39 is 0 Å². The first-order valence-corrected chi connectivity index (χ1v) is 6.45. The Morgan fingerprint density at radius 2 is 2.18 bits per heavy atom. The van der Waals surface area contributed by atoms with Crippen LogP contribution in [0.25, 0.3) is 0 Å². The van der Waals surface area contributed by atoms with E-state index in [0.717, 1.165) is 33.8 Å². The van der Waals surface area contributed by atoms with Gasteiger partial charge in [-0.1, -0.05) is 27.5 Å². The molecule has 2 rings (SSSR count). The number of nitrogens with one attached hydrogen (secondary N) is 1. The minimum atomic E-state index is 0.731. The largest absolute Gasteiger partial charge is 0.307 e. The van der Waals surface area contributed by atoms with E-state index in [2.05, 4.69) is 26.3 Å². The van der Waals surface area contributed by atoms with Crippen molar-refractivity contribution in [3.63, 3.8) is 0 Å². The summed E-state index contributed by atoms with van der Waals surface area (Å²) in [6.45, 7) is 1.47. The van der Waals surface area contributed by atoms with Gasteiger partial charge >= 0.3 is 0 Å². The number of rotatable bonds is 4. The summed E-state index contributed by atoms with van der Waals surface area (Å²) in [5.41, 5.74) is 2.11. The molecule has 17 heavy (non-hydrogen) atoms. The standard InChI is InChI=1S/C12H13BrClN3/c1-17-5-4-11(16-17)8-15-7-9-6-10(13)2-3-12(9)14/h2-6,15H,7-8H2,1H3. The van der Waals surface area contributed by atoms with Gasteiger partial charge in [0.05, 0.1) is 5.69 Å². The zero-order chi connectivity index (χ0) is 12.3. The first-order valence-electron chi connectivity index (χ1n) is 5.28. The highest BCUT2D eigenvalue weighted by atomic mass is 79.9. The highest BCUT2D eigenvalue weighted by Gasteiger charge is 2.01. The van der Waals surface area contributed by atoms with Crippen LogP contribution in [0.2, 0.25) is 5.02 Å². The van der Waals surface area contributed by atoms with Gasteiger partial charge in [0, 0.05) is 35.8 Å². The molecule has 0 aliphatic rings. The Bertz CT molecular complexity index is 510. The molecule has 0 spiro atoms. The van der Waals surface area contributed by atoms with E-state index in [4.69, 9.17) is 11.6 Å². The Labute approximate surface area is 114 Å². The van der Waals surface area contributed by atoms with Crippen molar-refractivity contribution in [3.8, 4) is 0 Å². The van der Waals surface area contributed by atoms with E-state index in [1.54, 1.807) is 4.68 Å². The average molecular weight is 315 g/mol. The molecular formula is C12H13BrClN3. The van der Waals surface area contributed by atoms with Crippen molar-refractivity contribution in [2.75, 3.05) is 0 Å². The molecule has 90 valence electrons. The van der Waals surface area contributed by atoms with Crippen LogP contribution in [-0.2, 0) is 20.1 Å². The second kappa shape index (κ2) is 5.67. The maximum absolute atomic E-state index is 6.10. The topological polar surface area (TPSA) is 29.9 Å². The van der Waals surface area contributed by atoms with Crippen LogP contribution in [0.15, 0.2) is 34.9 Å². The van der Waals surface area contributed by atoms with Crippen LogP contribution in [0, 0.1) is 0 Å². The fourth-order valence-electron chi connectivity index (χ4n) is 1.56. The number of hydrogen-bond donors (Lipinski definition) is 1. The van der Waals surface area contributed by atoms with Crippen molar-refractivity contribution in [2.24, 2.45) is 7.05 Å². The molecule has 1 aromatic carbocycles. The monoisotopic (exact) mass is 313 g/mol. The third-order valence-corrected chi connectivity index (χ3v) is 3.26. The maximum Gasteiger partial charge on any atom is 0.0762 e. The van der Waals surface area contributed by atoms with Crippen LogP contribution in [0.3, 0.4) is 0 Å². The molecule has 1 N–H and O–H groups in total. The first kappa shape index (κ1) is 12.6. The van der Waals surface area contributed by atoms with Crippen molar-refractivity contribution in [1.82, 2.24) is 15.1 Å². The van der Waals surface area contributed by atoms with E-state index >= 15 is 0 Å². The van der Waals surface area contributed by atoms with E-state index in [1.807, 2.05) is 37.5 Å². The Morgan fingerprint density at radius 3 is 2.88 bits per heavy atom. The molecule has 0 atom stereocenters. The SMILES string of the molecule is Cn1ccc(CNCc2cc(Br)ccc2Cl)n1. The second-order valence-electron chi connectivity index (χ2n) is 3.82.